The number of hydrogen-bond donors (Lipinski definition) is 2. The first-order valence-corrected chi connectivity index (χ1v) is 7.95. The van der Waals surface area contributed by atoms with E-state index in [1.807, 2.05) is 0 Å². The van der Waals surface area contributed by atoms with Crippen molar-refractivity contribution in [3.63, 3.8) is 0 Å². The Morgan fingerprint density at radius 2 is 1.88 bits per heavy atom. The minimum Gasteiger partial charge on any atom is -0.349 e. The monoisotopic (exact) mass is 344 g/mol. The van der Waals surface area contributed by atoms with Crippen molar-refractivity contribution < 1.29 is 14.0 Å². The summed E-state index contributed by atoms with van der Waals surface area (Å²) in [6, 6.07) is 8.32. The Balaban J connectivity index is 1.56. The molecule has 3 rings (SSSR count). The number of nitrogens with one attached hydrogen (secondary N) is 2. The Hall–Kier alpha value is -3.03. The van der Waals surface area contributed by atoms with Gasteiger partial charge in [0.1, 0.15) is 11.5 Å². The molecule has 1 aromatic carbocycles. The second-order valence-corrected chi connectivity index (χ2v) is 5.83. The summed E-state index contributed by atoms with van der Waals surface area (Å²) in [5.74, 6) is -1.28. The molecule has 2 N–H and O–H groups in total. The van der Waals surface area contributed by atoms with Gasteiger partial charge in [-0.25, -0.2) is 9.49 Å². The van der Waals surface area contributed by atoms with Crippen LogP contribution in [0.2, 0.25) is 0 Å². The molecule has 0 atom stereocenters. The number of aromatic amines is 1. The van der Waals surface area contributed by atoms with Gasteiger partial charge in [-0.15, -0.1) is 0 Å². The lowest BCUT2D eigenvalue weighted by Crippen LogP contribution is -2.47. The van der Waals surface area contributed by atoms with Crippen LogP contribution >= 0.6 is 0 Å². The van der Waals surface area contributed by atoms with Crippen molar-refractivity contribution in [3.8, 4) is 0 Å². The normalized spacial score (nSPS) is 15.0. The van der Waals surface area contributed by atoms with E-state index in [-0.39, 0.29) is 28.8 Å². The lowest BCUT2D eigenvalue weighted by atomic mass is 10.0. The van der Waals surface area contributed by atoms with E-state index in [0.29, 0.717) is 25.9 Å². The summed E-state index contributed by atoms with van der Waals surface area (Å²) < 4.78 is 13.6. The van der Waals surface area contributed by atoms with E-state index in [1.165, 1.54) is 30.3 Å². The molecule has 1 aliphatic heterocycles. The van der Waals surface area contributed by atoms with Crippen molar-refractivity contribution in [1.82, 2.24) is 20.4 Å². The van der Waals surface area contributed by atoms with E-state index in [4.69, 9.17) is 0 Å². The average molecular weight is 344 g/mol. The first kappa shape index (κ1) is 16.8. The number of carbonyl (C=O) groups is 2. The number of likely N-dealkylation sites (tertiary alicyclic amines) is 1. The molecule has 2 amide bonds. The van der Waals surface area contributed by atoms with Crippen LogP contribution in [-0.4, -0.2) is 46.0 Å². The molecule has 1 aromatic heterocycles. The molecule has 1 aliphatic rings. The molecule has 1 fully saturated rings. The van der Waals surface area contributed by atoms with Gasteiger partial charge in [-0.05, 0) is 31.0 Å². The smallest absolute Gasteiger partial charge is 0.274 e. The lowest BCUT2D eigenvalue weighted by Gasteiger charge is -2.32. The van der Waals surface area contributed by atoms with Crippen LogP contribution < -0.4 is 10.9 Å². The van der Waals surface area contributed by atoms with Gasteiger partial charge in [0, 0.05) is 25.2 Å². The second kappa shape index (κ2) is 7.25. The van der Waals surface area contributed by atoms with Crippen LogP contribution in [0, 0.1) is 5.82 Å². The van der Waals surface area contributed by atoms with E-state index in [9.17, 15) is 18.8 Å². The minimum absolute atomic E-state index is 0.0124. The number of H-pyrrole nitrogens is 1. The molecule has 2 aromatic rings. The second-order valence-electron chi connectivity index (χ2n) is 5.83. The average Bonchev–Trinajstić information content (AvgIpc) is 2.63. The zero-order valence-electron chi connectivity index (χ0n) is 13.4. The van der Waals surface area contributed by atoms with Crippen LogP contribution in [0.3, 0.4) is 0 Å². The Morgan fingerprint density at radius 1 is 1.16 bits per heavy atom. The first-order valence-electron chi connectivity index (χ1n) is 7.95. The molecule has 8 heteroatoms. The molecule has 7 nitrogen and oxygen atoms in total. The Labute approximate surface area is 142 Å². The zero-order chi connectivity index (χ0) is 17.8. The molecule has 1 saturated heterocycles. The van der Waals surface area contributed by atoms with E-state index >= 15 is 0 Å². The Bertz CT molecular complexity index is 823. The highest BCUT2D eigenvalue weighted by Crippen LogP contribution is 2.14. The number of carbonyl (C=O) groups excluding carboxylic acids is 2. The number of halogens is 1. The number of hydrogen-bond acceptors (Lipinski definition) is 4. The summed E-state index contributed by atoms with van der Waals surface area (Å²) in [6.45, 7) is 0.893. The molecule has 130 valence electrons. The SMILES string of the molecule is O=C(NC1CCN(C(=O)c2ccc(=O)[nH]n2)CC1)c1ccccc1F. The summed E-state index contributed by atoms with van der Waals surface area (Å²) >= 11 is 0. The zero-order valence-corrected chi connectivity index (χ0v) is 13.4. The van der Waals surface area contributed by atoms with Gasteiger partial charge < -0.3 is 10.2 Å². The van der Waals surface area contributed by atoms with Gasteiger partial charge in [0.25, 0.3) is 17.4 Å². The Morgan fingerprint density at radius 3 is 2.52 bits per heavy atom. The molecule has 0 unspecified atom stereocenters. The summed E-state index contributed by atoms with van der Waals surface area (Å²) in [7, 11) is 0. The topological polar surface area (TPSA) is 95.2 Å². The predicted molar refractivity (Wildman–Crippen MR) is 87.6 cm³/mol. The number of aromatic nitrogens is 2. The fraction of sp³-hybridized carbons (Fsp3) is 0.294. The van der Waals surface area contributed by atoms with Crippen molar-refractivity contribution in [2.24, 2.45) is 0 Å². The van der Waals surface area contributed by atoms with Crippen LogP contribution in [0.1, 0.15) is 33.7 Å². The van der Waals surface area contributed by atoms with Gasteiger partial charge in [0.05, 0.1) is 5.56 Å². The highest BCUT2D eigenvalue weighted by Gasteiger charge is 2.26. The molecule has 0 saturated carbocycles. The maximum Gasteiger partial charge on any atom is 0.274 e. The summed E-state index contributed by atoms with van der Waals surface area (Å²) in [5, 5.41) is 8.77. The third-order valence-electron chi connectivity index (χ3n) is 4.13. The summed E-state index contributed by atoms with van der Waals surface area (Å²) in [4.78, 5) is 37.1. The van der Waals surface area contributed by atoms with E-state index in [2.05, 4.69) is 15.5 Å². The van der Waals surface area contributed by atoms with Crippen LogP contribution in [-0.2, 0) is 0 Å². The largest absolute Gasteiger partial charge is 0.349 e. The molecule has 2 heterocycles. The standard InChI is InChI=1S/C17H17FN4O3/c18-13-4-2-1-3-12(13)16(24)19-11-7-9-22(10-8-11)17(25)14-5-6-15(23)21-20-14/h1-6,11H,7-10H2,(H,19,24)(H,21,23). The van der Waals surface area contributed by atoms with Gasteiger partial charge in [-0.2, -0.15) is 5.10 Å². The Kier molecular flexibility index (Phi) is 4.87. The van der Waals surface area contributed by atoms with Gasteiger partial charge in [0.2, 0.25) is 0 Å². The van der Waals surface area contributed by atoms with E-state index in [1.54, 1.807) is 11.0 Å². The summed E-state index contributed by atoms with van der Waals surface area (Å²) in [5.41, 5.74) is -0.182. The maximum atomic E-state index is 13.6. The molecule has 0 radical (unpaired) electrons. The van der Waals surface area contributed by atoms with Crippen molar-refractivity contribution in [1.29, 1.82) is 0 Å². The van der Waals surface area contributed by atoms with Gasteiger partial charge in [-0.1, -0.05) is 12.1 Å². The highest BCUT2D eigenvalue weighted by molar-refractivity contribution is 5.94. The fourth-order valence-corrected chi connectivity index (χ4v) is 2.76. The van der Waals surface area contributed by atoms with Crippen LogP contribution in [0.15, 0.2) is 41.2 Å². The van der Waals surface area contributed by atoms with Crippen LogP contribution in [0.5, 0.6) is 0 Å². The number of amides is 2. The van der Waals surface area contributed by atoms with E-state index in [0.717, 1.165) is 0 Å². The fourth-order valence-electron chi connectivity index (χ4n) is 2.76. The molecular formula is C17H17FN4O3. The third kappa shape index (κ3) is 3.90. The van der Waals surface area contributed by atoms with Crippen molar-refractivity contribution >= 4 is 11.8 Å². The predicted octanol–water partition coefficient (Wildman–Crippen LogP) is 0.944. The van der Waals surface area contributed by atoms with Crippen LogP contribution in [0.4, 0.5) is 4.39 Å². The number of nitrogens with zero attached hydrogens (tertiary/aromatic N) is 2. The number of rotatable bonds is 3. The maximum absolute atomic E-state index is 13.6. The van der Waals surface area contributed by atoms with Crippen molar-refractivity contribution in [2.75, 3.05) is 13.1 Å². The third-order valence-corrected chi connectivity index (χ3v) is 4.13. The van der Waals surface area contributed by atoms with Crippen LogP contribution in [0.25, 0.3) is 0 Å². The van der Waals surface area contributed by atoms with Gasteiger partial charge >= 0.3 is 0 Å². The quantitative estimate of drug-likeness (QED) is 0.866. The summed E-state index contributed by atoms with van der Waals surface area (Å²) in [6.07, 6.45) is 1.13. The number of benzene rings is 1. The van der Waals surface area contributed by atoms with Gasteiger partial charge in [0.15, 0.2) is 0 Å². The van der Waals surface area contributed by atoms with Gasteiger partial charge in [-0.3, -0.25) is 14.4 Å². The minimum atomic E-state index is -0.559. The van der Waals surface area contributed by atoms with E-state index < -0.39 is 11.7 Å². The lowest BCUT2D eigenvalue weighted by molar-refractivity contribution is 0.0691. The van der Waals surface area contributed by atoms with Crippen molar-refractivity contribution in [2.45, 2.75) is 18.9 Å². The molecule has 0 spiro atoms. The number of piperidine rings is 1. The molecular weight excluding hydrogens is 327 g/mol. The highest BCUT2D eigenvalue weighted by atomic mass is 19.1. The molecule has 25 heavy (non-hydrogen) atoms. The molecule has 0 aliphatic carbocycles. The van der Waals surface area contributed by atoms with Crippen molar-refractivity contribution in [3.05, 3.63) is 63.8 Å². The molecule has 0 bridgehead atoms. The first-order chi connectivity index (χ1) is 12.0.